The molecule has 4 heterocycles. The molecule has 0 spiro atoms. The fraction of sp³-hybridized carbons (Fsp3) is 0.227. The predicted molar refractivity (Wildman–Crippen MR) is 113 cm³/mol. The zero-order chi connectivity index (χ0) is 24.2. The first-order valence-electron chi connectivity index (χ1n) is 10.3. The van der Waals surface area contributed by atoms with Gasteiger partial charge in [0.2, 0.25) is 5.56 Å². The Morgan fingerprint density at radius 3 is 2.50 bits per heavy atom. The van der Waals surface area contributed by atoms with Gasteiger partial charge >= 0.3 is 6.18 Å². The van der Waals surface area contributed by atoms with Gasteiger partial charge in [-0.25, -0.2) is 13.8 Å². The molecular formula is C22H16F5N5O2. The smallest absolute Gasteiger partial charge is 0.370 e. The second-order valence-electron chi connectivity index (χ2n) is 7.86. The molecule has 0 saturated carbocycles. The molecule has 0 radical (unpaired) electrons. The van der Waals surface area contributed by atoms with Crippen LogP contribution in [0.4, 0.5) is 44.8 Å². The third-order valence-corrected chi connectivity index (χ3v) is 5.78. The van der Waals surface area contributed by atoms with Crippen LogP contribution >= 0.6 is 0 Å². The van der Waals surface area contributed by atoms with Crippen LogP contribution in [0.5, 0.6) is 0 Å². The number of carbonyl (C=O) groups is 1. The van der Waals surface area contributed by atoms with Gasteiger partial charge in [-0.15, -0.1) is 0 Å². The number of anilines is 4. The van der Waals surface area contributed by atoms with Crippen molar-refractivity contribution in [2.75, 3.05) is 28.3 Å². The topological polar surface area (TPSA) is 81.3 Å². The van der Waals surface area contributed by atoms with E-state index in [1.807, 2.05) is 0 Å². The monoisotopic (exact) mass is 477 g/mol. The molecule has 0 saturated heterocycles. The molecule has 2 aromatic heterocycles. The SMILES string of the molecule is O=C1c2cc(C(F)(F)F)ncc2N2CN1c1ccc(=O)[nH]c1NCCCc1c2ccc(F)c1F. The Morgan fingerprint density at radius 2 is 1.74 bits per heavy atom. The van der Waals surface area contributed by atoms with E-state index in [0.29, 0.717) is 12.5 Å². The van der Waals surface area contributed by atoms with E-state index < -0.39 is 35.0 Å². The van der Waals surface area contributed by atoms with E-state index in [0.717, 1.165) is 17.2 Å². The maximum atomic E-state index is 14.8. The number of benzene rings is 1. The molecule has 7 nitrogen and oxygen atoms in total. The third-order valence-electron chi connectivity index (χ3n) is 5.78. The van der Waals surface area contributed by atoms with E-state index in [1.165, 1.54) is 23.1 Å². The summed E-state index contributed by atoms with van der Waals surface area (Å²) in [7, 11) is 0. The third kappa shape index (κ3) is 3.55. The number of aromatic amines is 1. The van der Waals surface area contributed by atoms with Crippen molar-refractivity contribution in [1.29, 1.82) is 0 Å². The van der Waals surface area contributed by atoms with Gasteiger partial charge in [0, 0.05) is 23.9 Å². The number of pyridine rings is 2. The number of fused-ring (bicyclic) bond motifs is 8. The van der Waals surface area contributed by atoms with Crippen LogP contribution in [0.2, 0.25) is 0 Å². The van der Waals surface area contributed by atoms with Crippen molar-refractivity contribution in [3.8, 4) is 0 Å². The first-order valence-corrected chi connectivity index (χ1v) is 10.3. The summed E-state index contributed by atoms with van der Waals surface area (Å²) in [5, 5.41) is 2.97. The van der Waals surface area contributed by atoms with Crippen LogP contribution in [-0.2, 0) is 12.6 Å². The van der Waals surface area contributed by atoms with E-state index in [-0.39, 0.29) is 53.6 Å². The maximum Gasteiger partial charge on any atom is 0.433 e. The number of aromatic nitrogens is 2. The first kappa shape index (κ1) is 21.9. The minimum absolute atomic E-state index is 0.0152. The van der Waals surface area contributed by atoms with Crippen molar-refractivity contribution in [3.63, 3.8) is 0 Å². The molecule has 2 aliphatic heterocycles. The maximum absolute atomic E-state index is 14.8. The van der Waals surface area contributed by atoms with Gasteiger partial charge in [-0.2, -0.15) is 13.2 Å². The van der Waals surface area contributed by atoms with Gasteiger partial charge in [0.1, 0.15) is 18.2 Å². The second-order valence-corrected chi connectivity index (χ2v) is 7.86. The van der Waals surface area contributed by atoms with Crippen LogP contribution in [0, 0.1) is 11.6 Å². The summed E-state index contributed by atoms with van der Waals surface area (Å²) in [4.78, 5) is 33.9. The van der Waals surface area contributed by atoms with Crippen molar-refractivity contribution in [1.82, 2.24) is 9.97 Å². The first-order chi connectivity index (χ1) is 16.1. The van der Waals surface area contributed by atoms with E-state index in [4.69, 9.17) is 0 Å². The molecule has 5 rings (SSSR count). The van der Waals surface area contributed by atoms with Gasteiger partial charge in [0.25, 0.3) is 5.91 Å². The second kappa shape index (κ2) is 7.82. The van der Waals surface area contributed by atoms with E-state index >= 15 is 0 Å². The number of alkyl halides is 3. The largest absolute Gasteiger partial charge is 0.433 e. The van der Waals surface area contributed by atoms with E-state index in [9.17, 15) is 31.5 Å². The number of halogens is 5. The van der Waals surface area contributed by atoms with E-state index in [1.54, 1.807) is 0 Å². The number of nitrogens with one attached hydrogen (secondary N) is 2. The van der Waals surface area contributed by atoms with Gasteiger partial charge in [-0.05, 0) is 37.1 Å². The summed E-state index contributed by atoms with van der Waals surface area (Å²) in [6.45, 7) is 0.00871. The Balaban J connectivity index is 1.78. The van der Waals surface area contributed by atoms with Crippen molar-refractivity contribution in [2.24, 2.45) is 0 Å². The number of rotatable bonds is 0. The molecule has 2 N–H and O–H groups in total. The highest BCUT2D eigenvalue weighted by molar-refractivity contribution is 6.13. The van der Waals surface area contributed by atoms with Crippen molar-refractivity contribution in [3.05, 3.63) is 75.3 Å². The molecule has 176 valence electrons. The summed E-state index contributed by atoms with van der Waals surface area (Å²) in [6, 6.07) is 5.44. The number of H-pyrrole nitrogens is 1. The molecule has 0 atom stereocenters. The Morgan fingerprint density at radius 1 is 0.971 bits per heavy atom. The number of carbonyl (C=O) groups excluding carboxylic acids is 1. The van der Waals surface area contributed by atoms with Gasteiger partial charge in [-0.1, -0.05) is 0 Å². The molecule has 2 aliphatic rings. The minimum atomic E-state index is -4.80. The lowest BCUT2D eigenvalue weighted by Gasteiger charge is -2.39. The Kier molecular flexibility index (Phi) is 5.03. The number of amides is 1. The van der Waals surface area contributed by atoms with Gasteiger partial charge in [0.05, 0.1) is 23.1 Å². The summed E-state index contributed by atoms with van der Waals surface area (Å²) < 4.78 is 69.0. The summed E-state index contributed by atoms with van der Waals surface area (Å²) in [6.07, 6.45) is -3.47. The highest BCUT2D eigenvalue weighted by Gasteiger charge is 2.39. The minimum Gasteiger partial charge on any atom is -0.370 e. The lowest BCUT2D eigenvalue weighted by Crippen LogP contribution is -2.46. The highest BCUT2D eigenvalue weighted by atomic mass is 19.4. The van der Waals surface area contributed by atoms with Crippen molar-refractivity contribution in [2.45, 2.75) is 19.0 Å². The zero-order valence-corrected chi connectivity index (χ0v) is 17.3. The van der Waals surface area contributed by atoms with Gasteiger partial charge in [-0.3, -0.25) is 14.5 Å². The summed E-state index contributed by atoms with van der Waals surface area (Å²) in [5.74, 6) is -2.72. The van der Waals surface area contributed by atoms with Gasteiger partial charge < -0.3 is 15.2 Å². The Labute approximate surface area is 188 Å². The van der Waals surface area contributed by atoms with Crippen LogP contribution in [0.25, 0.3) is 0 Å². The van der Waals surface area contributed by atoms with Crippen molar-refractivity contribution < 1.29 is 26.7 Å². The average molecular weight is 477 g/mol. The molecule has 0 aliphatic carbocycles. The zero-order valence-electron chi connectivity index (χ0n) is 17.3. The molecule has 1 amide bonds. The fourth-order valence-corrected chi connectivity index (χ4v) is 4.19. The fourth-order valence-electron chi connectivity index (χ4n) is 4.19. The van der Waals surface area contributed by atoms with Gasteiger partial charge in [0.15, 0.2) is 11.6 Å². The standard InChI is InChI=1S/C22H16F5N5O2/c23-13-3-4-14-11(19(13)24)2-1-7-28-20-15(5-6-18(33)30-20)32-10-31(14)16-9-29-17(22(25,26)27)8-12(16)21(32)34/h3-6,8-9H,1-2,7,10H2,(H2,28,30,33). The molecule has 1 aromatic carbocycles. The van der Waals surface area contributed by atoms with Crippen LogP contribution in [0.3, 0.4) is 0 Å². The lowest BCUT2D eigenvalue weighted by atomic mass is 10.0. The van der Waals surface area contributed by atoms with Crippen molar-refractivity contribution >= 4 is 28.8 Å². The van der Waals surface area contributed by atoms with Crippen LogP contribution in [0.15, 0.2) is 41.3 Å². The predicted octanol–water partition coefficient (Wildman–Crippen LogP) is 4.18. The summed E-state index contributed by atoms with van der Waals surface area (Å²) in [5.41, 5.74) is -1.58. The van der Waals surface area contributed by atoms with Crippen LogP contribution in [-0.4, -0.2) is 29.1 Å². The van der Waals surface area contributed by atoms with E-state index in [2.05, 4.69) is 15.3 Å². The molecule has 2 bridgehead atoms. The molecule has 34 heavy (non-hydrogen) atoms. The molecular weight excluding hydrogens is 461 g/mol. The number of hydrogen-bond donors (Lipinski definition) is 2. The number of hydrogen-bond acceptors (Lipinski definition) is 5. The molecule has 3 aromatic rings. The molecule has 0 fully saturated rings. The normalized spacial score (nSPS) is 15.6. The molecule has 0 unspecified atom stereocenters. The highest BCUT2D eigenvalue weighted by Crippen LogP contribution is 2.41. The lowest BCUT2D eigenvalue weighted by molar-refractivity contribution is -0.141. The number of nitrogens with zero attached hydrogens (tertiary/aromatic N) is 3. The summed E-state index contributed by atoms with van der Waals surface area (Å²) >= 11 is 0. The quantitative estimate of drug-likeness (QED) is 0.475. The Bertz CT molecular complexity index is 1370. The molecule has 12 heteroatoms. The van der Waals surface area contributed by atoms with Crippen LogP contribution in [0.1, 0.15) is 28.0 Å². The Hall–Kier alpha value is -3.96. The average Bonchev–Trinajstić information content (AvgIpc) is 2.82. The van der Waals surface area contributed by atoms with Crippen LogP contribution < -0.4 is 20.7 Å².